The van der Waals surface area contributed by atoms with E-state index in [2.05, 4.69) is 15.5 Å². The third kappa shape index (κ3) is 5.73. The number of carbonyl (C=O) groups excluding carboxylic acids is 2. The molecule has 0 unspecified atom stereocenters. The Kier molecular flexibility index (Phi) is 6.71. The first kappa shape index (κ1) is 19.2. The zero-order valence-corrected chi connectivity index (χ0v) is 16.0. The summed E-state index contributed by atoms with van der Waals surface area (Å²) in [6, 6.07) is 15.0. The molecule has 0 radical (unpaired) electrons. The molecule has 2 amide bonds. The second-order valence-electron chi connectivity index (χ2n) is 6.70. The van der Waals surface area contributed by atoms with Crippen LogP contribution in [0.3, 0.4) is 0 Å². The minimum Gasteiger partial charge on any atom is -0.370 e. The normalized spacial score (nSPS) is 13.9. The molecule has 1 aliphatic rings. The number of anilines is 2. The first-order valence-electron chi connectivity index (χ1n) is 9.27. The van der Waals surface area contributed by atoms with E-state index in [0.717, 1.165) is 37.2 Å². The molecule has 2 aromatic carbocycles. The Bertz CT molecular complexity index is 789. The van der Waals surface area contributed by atoms with E-state index in [1.54, 1.807) is 6.07 Å². The Morgan fingerprint density at radius 1 is 0.963 bits per heavy atom. The van der Waals surface area contributed by atoms with E-state index < -0.39 is 0 Å². The van der Waals surface area contributed by atoms with Crippen molar-refractivity contribution >= 4 is 34.8 Å². The van der Waals surface area contributed by atoms with Gasteiger partial charge < -0.3 is 15.5 Å². The maximum atomic E-state index is 12.3. The molecule has 3 rings (SSSR count). The highest BCUT2D eigenvalue weighted by Crippen LogP contribution is 2.31. The Labute approximate surface area is 164 Å². The van der Waals surface area contributed by atoms with Crippen LogP contribution < -0.4 is 15.5 Å². The number of carbonyl (C=O) groups is 2. The second-order valence-corrected chi connectivity index (χ2v) is 7.13. The van der Waals surface area contributed by atoms with Gasteiger partial charge >= 0.3 is 0 Å². The van der Waals surface area contributed by atoms with Gasteiger partial charge in [-0.05, 0) is 43.0 Å². The summed E-state index contributed by atoms with van der Waals surface area (Å²) < 4.78 is 0. The molecule has 6 heteroatoms. The first-order chi connectivity index (χ1) is 13.1. The maximum absolute atomic E-state index is 12.3. The maximum Gasteiger partial charge on any atom is 0.243 e. The van der Waals surface area contributed by atoms with E-state index in [-0.39, 0.29) is 24.8 Å². The van der Waals surface area contributed by atoms with Crippen molar-refractivity contribution in [1.29, 1.82) is 0 Å². The summed E-state index contributed by atoms with van der Waals surface area (Å²) in [5.74, 6) is -0.448. The highest BCUT2D eigenvalue weighted by atomic mass is 35.5. The lowest BCUT2D eigenvalue weighted by Crippen LogP contribution is -2.35. The fourth-order valence-corrected chi connectivity index (χ4v) is 3.41. The standard InChI is InChI=1S/C21H24ClN3O2/c22-17-9-10-19(25-11-5-2-6-12-25)18(14-17)24-21(27)15-23-20(26)13-16-7-3-1-4-8-16/h1,3-4,7-10,14H,2,5-6,11-13,15H2,(H,23,26)(H,24,27). The van der Waals surface area contributed by atoms with E-state index in [0.29, 0.717) is 10.7 Å². The number of piperidine rings is 1. The zero-order valence-electron chi connectivity index (χ0n) is 15.2. The molecule has 5 nitrogen and oxygen atoms in total. The molecule has 1 saturated heterocycles. The zero-order chi connectivity index (χ0) is 19.1. The Morgan fingerprint density at radius 3 is 2.44 bits per heavy atom. The summed E-state index contributed by atoms with van der Waals surface area (Å²) in [5, 5.41) is 6.12. The van der Waals surface area contributed by atoms with Crippen LogP contribution in [0.25, 0.3) is 0 Å². The summed E-state index contributed by atoms with van der Waals surface area (Å²) >= 11 is 6.12. The van der Waals surface area contributed by atoms with Crippen molar-refractivity contribution in [2.45, 2.75) is 25.7 Å². The van der Waals surface area contributed by atoms with Gasteiger partial charge in [-0.3, -0.25) is 9.59 Å². The topological polar surface area (TPSA) is 61.4 Å². The van der Waals surface area contributed by atoms with Gasteiger partial charge in [0, 0.05) is 18.1 Å². The molecular formula is C21H24ClN3O2. The number of rotatable bonds is 6. The Morgan fingerprint density at radius 2 is 1.70 bits per heavy atom. The molecule has 1 aliphatic heterocycles. The average molecular weight is 386 g/mol. The van der Waals surface area contributed by atoms with Gasteiger partial charge in [0.05, 0.1) is 24.3 Å². The van der Waals surface area contributed by atoms with Crippen molar-refractivity contribution in [3.8, 4) is 0 Å². The summed E-state index contributed by atoms with van der Waals surface area (Å²) in [7, 11) is 0. The van der Waals surface area contributed by atoms with Gasteiger partial charge in [0.2, 0.25) is 11.8 Å². The van der Waals surface area contributed by atoms with Crippen LogP contribution in [0.1, 0.15) is 24.8 Å². The minimum atomic E-state index is -0.267. The fourth-order valence-electron chi connectivity index (χ4n) is 3.24. The smallest absolute Gasteiger partial charge is 0.243 e. The minimum absolute atomic E-state index is 0.0718. The van der Waals surface area contributed by atoms with E-state index in [9.17, 15) is 9.59 Å². The number of hydrogen-bond acceptors (Lipinski definition) is 3. The highest BCUT2D eigenvalue weighted by molar-refractivity contribution is 6.31. The van der Waals surface area contributed by atoms with Crippen molar-refractivity contribution in [2.75, 3.05) is 29.9 Å². The van der Waals surface area contributed by atoms with Crippen molar-refractivity contribution in [2.24, 2.45) is 0 Å². The predicted octanol–water partition coefficient (Wildman–Crippen LogP) is 3.63. The van der Waals surface area contributed by atoms with Crippen LogP contribution in [0.5, 0.6) is 0 Å². The molecule has 0 atom stereocenters. The van der Waals surface area contributed by atoms with Crippen LogP contribution in [0.4, 0.5) is 11.4 Å². The van der Waals surface area contributed by atoms with Gasteiger partial charge in [-0.1, -0.05) is 41.9 Å². The lowest BCUT2D eigenvalue weighted by atomic mass is 10.1. The second kappa shape index (κ2) is 9.42. The quantitative estimate of drug-likeness (QED) is 0.798. The van der Waals surface area contributed by atoms with E-state index in [1.165, 1.54) is 6.42 Å². The van der Waals surface area contributed by atoms with Crippen molar-refractivity contribution in [3.05, 3.63) is 59.1 Å². The lowest BCUT2D eigenvalue weighted by molar-refractivity contribution is -0.123. The van der Waals surface area contributed by atoms with E-state index >= 15 is 0 Å². The van der Waals surface area contributed by atoms with Crippen LogP contribution in [-0.2, 0) is 16.0 Å². The van der Waals surface area contributed by atoms with Gasteiger partial charge in [0.15, 0.2) is 0 Å². The van der Waals surface area contributed by atoms with E-state index in [4.69, 9.17) is 11.6 Å². The molecule has 0 spiro atoms. The van der Waals surface area contributed by atoms with Crippen LogP contribution in [0, 0.1) is 0 Å². The molecule has 0 bridgehead atoms. The number of benzene rings is 2. The Balaban J connectivity index is 1.57. The molecular weight excluding hydrogens is 362 g/mol. The summed E-state index contributed by atoms with van der Waals surface area (Å²) in [6.07, 6.45) is 3.78. The van der Waals surface area contributed by atoms with Crippen molar-refractivity contribution in [3.63, 3.8) is 0 Å². The van der Waals surface area contributed by atoms with Gasteiger partial charge in [-0.25, -0.2) is 0 Å². The molecule has 1 heterocycles. The first-order valence-corrected chi connectivity index (χ1v) is 9.64. The summed E-state index contributed by atoms with van der Waals surface area (Å²) in [6.45, 7) is 1.87. The molecule has 27 heavy (non-hydrogen) atoms. The van der Waals surface area contributed by atoms with Gasteiger partial charge in [0.25, 0.3) is 0 Å². The third-order valence-electron chi connectivity index (χ3n) is 4.58. The van der Waals surface area contributed by atoms with Gasteiger partial charge in [-0.2, -0.15) is 0 Å². The largest absolute Gasteiger partial charge is 0.370 e. The van der Waals surface area contributed by atoms with Gasteiger partial charge in [-0.15, -0.1) is 0 Å². The SMILES string of the molecule is O=C(Cc1ccccc1)NCC(=O)Nc1cc(Cl)ccc1N1CCCCC1. The van der Waals surface area contributed by atoms with Crippen LogP contribution in [-0.4, -0.2) is 31.4 Å². The average Bonchev–Trinajstić information content (AvgIpc) is 2.68. The van der Waals surface area contributed by atoms with Crippen LogP contribution in [0.2, 0.25) is 5.02 Å². The molecule has 0 aliphatic carbocycles. The van der Waals surface area contributed by atoms with Crippen LogP contribution >= 0.6 is 11.6 Å². The number of nitrogens with one attached hydrogen (secondary N) is 2. The lowest BCUT2D eigenvalue weighted by Gasteiger charge is -2.30. The molecule has 2 aromatic rings. The third-order valence-corrected chi connectivity index (χ3v) is 4.82. The Hall–Kier alpha value is -2.53. The fraction of sp³-hybridized carbons (Fsp3) is 0.333. The number of amides is 2. The molecule has 2 N–H and O–H groups in total. The van der Waals surface area contributed by atoms with Crippen molar-refractivity contribution < 1.29 is 9.59 Å². The summed E-state index contributed by atoms with van der Waals surface area (Å²) in [4.78, 5) is 26.6. The number of nitrogens with zero attached hydrogens (tertiary/aromatic N) is 1. The molecule has 0 aromatic heterocycles. The van der Waals surface area contributed by atoms with Gasteiger partial charge in [0.1, 0.15) is 0 Å². The molecule has 0 saturated carbocycles. The predicted molar refractivity (Wildman–Crippen MR) is 109 cm³/mol. The highest BCUT2D eigenvalue weighted by Gasteiger charge is 2.16. The monoisotopic (exact) mass is 385 g/mol. The number of halogens is 1. The van der Waals surface area contributed by atoms with Crippen LogP contribution in [0.15, 0.2) is 48.5 Å². The summed E-state index contributed by atoms with van der Waals surface area (Å²) in [5.41, 5.74) is 2.58. The molecule has 142 valence electrons. The van der Waals surface area contributed by atoms with Crippen molar-refractivity contribution in [1.82, 2.24) is 5.32 Å². The molecule has 1 fully saturated rings. The van der Waals surface area contributed by atoms with E-state index in [1.807, 2.05) is 42.5 Å². The number of hydrogen-bond donors (Lipinski definition) is 2.